The van der Waals surface area contributed by atoms with Crippen LogP contribution in [-0.2, 0) is 6.42 Å². The fourth-order valence-electron chi connectivity index (χ4n) is 2.63. The molecule has 0 amide bonds. The summed E-state index contributed by atoms with van der Waals surface area (Å²) in [5.74, 6) is 1.35. The van der Waals surface area contributed by atoms with E-state index in [0.717, 1.165) is 35.0 Å². The average molecular weight is 347 g/mol. The first-order valence-corrected chi connectivity index (χ1v) is 8.79. The molecule has 5 nitrogen and oxygen atoms in total. The number of aryl methyl sites for hydroxylation is 2. The fraction of sp³-hybridized carbons (Fsp3) is 0.238. The molecule has 2 aromatic carbocycles. The van der Waals surface area contributed by atoms with Gasteiger partial charge in [0.2, 0.25) is 5.95 Å². The molecule has 1 aromatic heterocycles. The lowest BCUT2D eigenvalue weighted by molar-refractivity contribution is 1.10. The third-order valence-corrected chi connectivity index (χ3v) is 4.13. The molecular weight excluding hydrogens is 322 g/mol. The van der Waals surface area contributed by atoms with E-state index in [-0.39, 0.29) is 0 Å². The van der Waals surface area contributed by atoms with Crippen molar-refractivity contribution in [3.63, 3.8) is 0 Å². The Kier molecular flexibility index (Phi) is 5.37. The van der Waals surface area contributed by atoms with Crippen LogP contribution in [0.3, 0.4) is 0 Å². The van der Waals surface area contributed by atoms with Gasteiger partial charge in [0.05, 0.1) is 0 Å². The van der Waals surface area contributed by atoms with Crippen LogP contribution in [0.15, 0.2) is 54.6 Å². The maximum absolute atomic E-state index is 4.58. The van der Waals surface area contributed by atoms with Gasteiger partial charge in [0, 0.05) is 42.9 Å². The molecule has 0 aliphatic carbocycles. The summed E-state index contributed by atoms with van der Waals surface area (Å²) in [7, 11) is 4.05. The van der Waals surface area contributed by atoms with E-state index in [1.54, 1.807) is 0 Å². The number of aromatic nitrogens is 2. The topological polar surface area (TPSA) is 53.1 Å². The maximum atomic E-state index is 4.58. The van der Waals surface area contributed by atoms with Crippen LogP contribution in [0.1, 0.15) is 18.2 Å². The zero-order valence-corrected chi connectivity index (χ0v) is 15.7. The SMILES string of the molecule is CCc1ccc(Nc2cc(C)nc(Nc3ccc(N(C)C)cc3)n2)cc1. The number of nitrogens with zero attached hydrogens (tertiary/aromatic N) is 3. The monoisotopic (exact) mass is 347 g/mol. The van der Waals surface area contributed by atoms with Crippen LogP contribution in [-0.4, -0.2) is 24.1 Å². The Balaban J connectivity index is 1.76. The summed E-state index contributed by atoms with van der Waals surface area (Å²) in [6, 6.07) is 18.5. The second-order valence-corrected chi connectivity index (χ2v) is 6.46. The van der Waals surface area contributed by atoms with Gasteiger partial charge in [-0.1, -0.05) is 19.1 Å². The third-order valence-electron chi connectivity index (χ3n) is 4.13. The quantitative estimate of drug-likeness (QED) is 0.664. The minimum atomic E-state index is 0.579. The molecular formula is C21H25N5. The highest BCUT2D eigenvalue weighted by Crippen LogP contribution is 2.21. The van der Waals surface area contributed by atoms with Gasteiger partial charge in [0.15, 0.2) is 0 Å². The summed E-state index contributed by atoms with van der Waals surface area (Å²) < 4.78 is 0. The second-order valence-electron chi connectivity index (χ2n) is 6.46. The van der Waals surface area contributed by atoms with Crippen LogP contribution in [0.4, 0.5) is 28.8 Å². The highest BCUT2D eigenvalue weighted by molar-refractivity contribution is 5.62. The van der Waals surface area contributed by atoms with E-state index in [0.29, 0.717) is 5.95 Å². The Labute approximate surface area is 155 Å². The van der Waals surface area contributed by atoms with Crippen molar-refractivity contribution in [2.75, 3.05) is 29.6 Å². The van der Waals surface area contributed by atoms with Crippen LogP contribution >= 0.6 is 0 Å². The van der Waals surface area contributed by atoms with Crippen LogP contribution in [0.25, 0.3) is 0 Å². The van der Waals surface area contributed by atoms with Crippen molar-refractivity contribution in [1.29, 1.82) is 0 Å². The van der Waals surface area contributed by atoms with E-state index >= 15 is 0 Å². The minimum Gasteiger partial charge on any atom is -0.378 e. The molecule has 134 valence electrons. The van der Waals surface area contributed by atoms with Gasteiger partial charge in [-0.05, 0) is 55.3 Å². The summed E-state index contributed by atoms with van der Waals surface area (Å²) in [6.07, 6.45) is 1.04. The van der Waals surface area contributed by atoms with E-state index in [9.17, 15) is 0 Å². The average Bonchev–Trinajstić information content (AvgIpc) is 2.62. The van der Waals surface area contributed by atoms with Crippen molar-refractivity contribution in [1.82, 2.24) is 9.97 Å². The number of hydrogen-bond donors (Lipinski definition) is 2. The van der Waals surface area contributed by atoms with Crippen molar-refractivity contribution < 1.29 is 0 Å². The predicted molar refractivity (Wildman–Crippen MR) is 110 cm³/mol. The van der Waals surface area contributed by atoms with Crippen molar-refractivity contribution in [2.24, 2.45) is 0 Å². The number of anilines is 5. The molecule has 0 aliphatic heterocycles. The van der Waals surface area contributed by atoms with E-state index in [2.05, 4.69) is 68.8 Å². The van der Waals surface area contributed by atoms with Crippen LogP contribution < -0.4 is 15.5 Å². The summed E-state index contributed by atoms with van der Waals surface area (Å²) in [5, 5.41) is 6.62. The Bertz CT molecular complexity index is 855. The smallest absolute Gasteiger partial charge is 0.229 e. The maximum Gasteiger partial charge on any atom is 0.229 e. The molecule has 3 aromatic rings. The molecule has 0 radical (unpaired) electrons. The molecule has 0 atom stereocenters. The van der Waals surface area contributed by atoms with Crippen molar-refractivity contribution >= 4 is 28.8 Å². The van der Waals surface area contributed by atoms with E-state index < -0.39 is 0 Å². The normalized spacial score (nSPS) is 10.5. The highest BCUT2D eigenvalue weighted by Gasteiger charge is 2.04. The lowest BCUT2D eigenvalue weighted by atomic mass is 10.1. The van der Waals surface area contributed by atoms with Gasteiger partial charge in [-0.3, -0.25) is 0 Å². The van der Waals surface area contributed by atoms with E-state index in [4.69, 9.17) is 0 Å². The molecule has 3 rings (SSSR count). The van der Waals surface area contributed by atoms with Gasteiger partial charge in [-0.2, -0.15) is 4.98 Å². The molecule has 0 saturated carbocycles. The zero-order chi connectivity index (χ0) is 18.5. The fourth-order valence-corrected chi connectivity index (χ4v) is 2.63. The van der Waals surface area contributed by atoms with E-state index in [1.807, 2.05) is 39.2 Å². The lowest BCUT2D eigenvalue weighted by Crippen LogP contribution is -2.08. The Morgan fingerprint density at radius 1 is 0.846 bits per heavy atom. The molecule has 5 heteroatoms. The standard InChI is InChI=1S/C21H25N5/c1-5-16-6-8-17(9-7-16)23-20-14-15(2)22-21(25-20)24-18-10-12-19(13-11-18)26(3)4/h6-14H,5H2,1-4H3,(H2,22,23,24,25). The minimum absolute atomic E-state index is 0.579. The number of rotatable bonds is 6. The van der Waals surface area contributed by atoms with E-state index in [1.165, 1.54) is 5.56 Å². The van der Waals surface area contributed by atoms with Crippen molar-refractivity contribution in [3.05, 3.63) is 65.9 Å². The number of nitrogens with one attached hydrogen (secondary N) is 2. The Morgan fingerprint density at radius 2 is 1.46 bits per heavy atom. The zero-order valence-electron chi connectivity index (χ0n) is 15.7. The van der Waals surface area contributed by atoms with Crippen LogP contribution in [0, 0.1) is 6.92 Å². The summed E-state index contributed by atoms with van der Waals surface area (Å²) in [4.78, 5) is 11.1. The van der Waals surface area contributed by atoms with Gasteiger partial charge in [0.25, 0.3) is 0 Å². The van der Waals surface area contributed by atoms with Gasteiger partial charge in [-0.25, -0.2) is 4.98 Å². The first-order chi connectivity index (χ1) is 12.5. The number of benzene rings is 2. The first kappa shape index (κ1) is 17.7. The summed E-state index contributed by atoms with van der Waals surface area (Å²) >= 11 is 0. The van der Waals surface area contributed by atoms with Crippen molar-refractivity contribution in [3.8, 4) is 0 Å². The van der Waals surface area contributed by atoms with Gasteiger partial charge in [-0.15, -0.1) is 0 Å². The predicted octanol–water partition coefficient (Wildman–Crippen LogP) is 4.90. The molecule has 0 spiro atoms. The van der Waals surface area contributed by atoms with Crippen LogP contribution in [0.2, 0.25) is 0 Å². The van der Waals surface area contributed by atoms with Crippen molar-refractivity contribution in [2.45, 2.75) is 20.3 Å². The Hall–Kier alpha value is -3.08. The van der Waals surface area contributed by atoms with Crippen LogP contribution in [0.5, 0.6) is 0 Å². The molecule has 1 heterocycles. The molecule has 0 fully saturated rings. The molecule has 0 saturated heterocycles. The second kappa shape index (κ2) is 7.87. The largest absolute Gasteiger partial charge is 0.378 e. The Morgan fingerprint density at radius 3 is 2.08 bits per heavy atom. The molecule has 0 unspecified atom stereocenters. The summed E-state index contributed by atoms with van der Waals surface area (Å²) in [5.41, 5.74) is 5.35. The molecule has 0 bridgehead atoms. The lowest BCUT2D eigenvalue weighted by Gasteiger charge is -2.13. The van der Waals surface area contributed by atoms with Gasteiger partial charge >= 0.3 is 0 Å². The molecule has 2 N–H and O–H groups in total. The number of hydrogen-bond acceptors (Lipinski definition) is 5. The summed E-state index contributed by atoms with van der Waals surface area (Å²) in [6.45, 7) is 4.12. The highest BCUT2D eigenvalue weighted by atomic mass is 15.1. The third kappa shape index (κ3) is 4.51. The molecule has 26 heavy (non-hydrogen) atoms. The van der Waals surface area contributed by atoms with Gasteiger partial charge in [0.1, 0.15) is 5.82 Å². The first-order valence-electron chi connectivity index (χ1n) is 8.79. The molecule has 0 aliphatic rings. The van der Waals surface area contributed by atoms with Gasteiger partial charge < -0.3 is 15.5 Å².